The van der Waals surface area contributed by atoms with E-state index in [-0.39, 0.29) is 5.41 Å². The Morgan fingerprint density at radius 3 is 2.62 bits per heavy atom. The van der Waals surface area contributed by atoms with E-state index in [9.17, 15) is 13.2 Å². The van der Waals surface area contributed by atoms with Crippen molar-refractivity contribution in [2.75, 3.05) is 31.6 Å². The predicted molar refractivity (Wildman–Crippen MR) is 94.3 cm³/mol. The quantitative estimate of drug-likeness (QED) is 0.698. The second-order valence-electron chi connectivity index (χ2n) is 7.56. The Morgan fingerprint density at radius 1 is 1.29 bits per heavy atom. The summed E-state index contributed by atoms with van der Waals surface area (Å²) >= 11 is 1.90. The van der Waals surface area contributed by atoms with Gasteiger partial charge in [0.1, 0.15) is 5.69 Å². The van der Waals surface area contributed by atoms with E-state index in [1.807, 2.05) is 11.8 Å². The van der Waals surface area contributed by atoms with Gasteiger partial charge in [0.15, 0.2) is 0 Å². The summed E-state index contributed by atoms with van der Waals surface area (Å²) in [5, 5.41) is 0. The SMILES string of the molecule is CSCCC1CCN(CC(C)(C)Cc2ccc(C(F)(F)F)nc2)C1. The van der Waals surface area contributed by atoms with Crippen molar-refractivity contribution in [3.63, 3.8) is 0 Å². The third kappa shape index (κ3) is 5.96. The molecule has 2 nitrogen and oxygen atoms in total. The average Bonchev–Trinajstić information content (AvgIpc) is 2.90. The predicted octanol–water partition coefficient (Wildman–Crippen LogP) is 4.74. The van der Waals surface area contributed by atoms with Crippen LogP contribution in [0.1, 0.15) is 37.9 Å². The number of likely N-dealkylation sites (tertiary alicyclic amines) is 1. The van der Waals surface area contributed by atoms with Gasteiger partial charge in [-0.2, -0.15) is 24.9 Å². The molecule has 0 N–H and O–H groups in total. The number of hydrogen-bond donors (Lipinski definition) is 0. The molecule has 0 amide bonds. The van der Waals surface area contributed by atoms with Gasteiger partial charge in [-0.3, -0.25) is 4.98 Å². The van der Waals surface area contributed by atoms with Crippen molar-refractivity contribution in [3.05, 3.63) is 29.6 Å². The number of aromatic nitrogens is 1. The van der Waals surface area contributed by atoms with Crippen molar-refractivity contribution in [2.45, 2.75) is 39.3 Å². The topological polar surface area (TPSA) is 16.1 Å². The fraction of sp³-hybridized carbons (Fsp3) is 0.722. The van der Waals surface area contributed by atoms with Crippen LogP contribution in [0.4, 0.5) is 13.2 Å². The summed E-state index contributed by atoms with van der Waals surface area (Å²) in [6.07, 6.45) is 2.43. The zero-order valence-electron chi connectivity index (χ0n) is 14.7. The zero-order valence-corrected chi connectivity index (χ0v) is 15.5. The first-order valence-electron chi connectivity index (χ1n) is 8.43. The van der Waals surface area contributed by atoms with Crippen LogP contribution in [-0.4, -0.2) is 41.5 Å². The average molecular weight is 360 g/mol. The minimum Gasteiger partial charge on any atom is -0.303 e. The molecule has 0 bridgehead atoms. The lowest BCUT2D eigenvalue weighted by Gasteiger charge is -2.30. The molecule has 1 aliphatic heterocycles. The molecule has 2 heterocycles. The second kappa shape index (κ2) is 8.09. The molecule has 1 unspecified atom stereocenters. The van der Waals surface area contributed by atoms with E-state index in [0.717, 1.165) is 43.6 Å². The maximum atomic E-state index is 12.6. The molecule has 1 saturated heterocycles. The Bertz CT molecular complexity index is 514. The van der Waals surface area contributed by atoms with E-state index in [1.165, 1.54) is 24.8 Å². The molecule has 1 aromatic heterocycles. The van der Waals surface area contributed by atoms with E-state index in [4.69, 9.17) is 0 Å². The first-order valence-corrected chi connectivity index (χ1v) is 9.82. The minimum absolute atomic E-state index is 0.0236. The van der Waals surface area contributed by atoms with Crippen molar-refractivity contribution in [1.29, 1.82) is 0 Å². The molecule has 6 heteroatoms. The first-order chi connectivity index (χ1) is 11.2. The fourth-order valence-corrected chi connectivity index (χ4v) is 4.06. The first kappa shape index (κ1) is 19.6. The number of alkyl halides is 3. The summed E-state index contributed by atoms with van der Waals surface area (Å²) in [5.41, 5.74) is 0.0712. The van der Waals surface area contributed by atoms with Crippen molar-refractivity contribution in [2.24, 2.45) is 11.3 Å². The summed E-state index contributed by atoms with van der Waals surface area (Å²) < 4.78 is 37.7. The highest BCUT2D eigenvalue weighted by atomic mass is 32.2. The number of rotatable bonds is 7. The van der Waals surface area contributed by atoms with Crippen LogP contribution in [-0.2, 0) is 12.6 Å². The Balaban J connectivity index is 1.87. The molecule has 0 spiro atoms. The lowest BCUT2D eigenvalue weighted by molar-refractivity contribution is -0.141. The number of hydrogen-bond acceptors (Lipinski definition) is 3. The van der Waals surface area contributed by atoms with Crippen LogP contribution in [0.15, 0.2) is 18.3 Å². The Kier molecular flexibility index (Phi) is 6.59. The van der Waals surface area contributed by atoms with Crippen molar-refractivity contribution in [1.82, 2.24) is 9.88 Å². The molecule has 0 aromatic carbocycles. The third-order valence-corrected chi connectivity index (χ3v) is 5.19. The third-order valence-electron chi connectivity index (χ3n) is 4.55. The Morgan fingerprint density at radius 2 is 2.04 bits per heavy atom. The molecular weight excluding hydrogens is 333 g/mol. The van der Waals surface area contributed by atoms with Crippen molar-refractivity contribution < 1.29 is 13.2 Å². The van der Waals surface area contributed by atoms with E-state index < -0.39 is 11.9 Å². The van der Waals surface area contributed by atoms with Gasteiger partial charge in [0, 0.05) is 19.3 Å². The summed E-state index contributed by atoms with van der Waals surface area (Å²) in [6.45, 7) is 7.62. The van der Waals surface area contributed by atoms with Gasteiger partial charge in [-0.25, -0.2) is 0 Å². The molecule has 136 valence electrons. The number of nitrogens with zero attached hydrogens (tertiary/aromatic N) is 2. The van der Waals surface area contributed by atoms with Crippen LogP contribution in [0.2, 0.25) is 0 Å². The molecule has 0 radical (unpaired) electrons. The molecule has 1 fully saturated rings. The van der Waals surface area contributed by atoms with Crippen LogP contribution in [0.3, 0.4) is 0 Å². The summed E-state index contributed by atoms with van der Waals surface area (Å²) in [6, 6.07) is 2.64. The molecule has 1 aromatic rings. The summed E-state index contributed by atoms with van der Waals surface area (Å²) in [5.74, 6) is 2.01. The maximum absolute atomic E-state index is 12.6. The zero-order chi connectivity index (χ0) is 17.8. The highest BCUT2D eigenvalue weighted by molar-refractivity contribution is 7.98. The van der Waals surface area contributed by atoms with Gasteiger partial charge in [0.05, 0.1) is 0 Å². The number of pyridine rings is 1. The van der Waals surface area contributed by atoms with E-state index in [2.05, 4.69) is 30.0 Å². The molecular formula is C18H27F3N2S. The van der Waals surface area contributed by atoms with Crippen molar-refractivity contribution in [3.8, 4) is 0 Å². The van der Waals surface area contributed by atoms with Gasteiger partial charge in [-0.05, 0) is 60.8 Å². The highest BCUT2D eigenvalue weighted by Gasteiger charge is 2.32. The molecule has 1 atom stereocenters. The maximum Gasteiger partial charge on any atom is 0.433 e. The largest absolute Gasteiger partial charge is 0.433 e. The normalized spacial score (nSPS) is 19.8. The van der Waals surface area contributed by atoms with Crippen LogP contribution in [0.5, 0.6) is 0 Å². The minimum atomic E-state index is -4.37. The van der Waals surface area contributed by atoms with E-state index in [0.29, 0.717) is 0 Å². The van der Waals surface area contributed by atoms with Gasteiger partial charge in [0.2, 0.25) is 0 Å². The van der Waals surface area contributed by atoms with Gasteiger partial charge < -0.3 is 4.90 Å². The smallest absolute Gasteiger partial charge is 0.303 e. The van der Waals surface area contributed by atoms with E-state index in [1.54, 1.807) is 6.07 Å². The van der Waals surface area contributed by atoms with Gasteiger partial charge in [-0.15, -0.1) is 0 Å². The molecule has 2 rings (SSSR count). The lowest BCUT2D eigenvalue weighted by Crippen LogP contribution is -2.34. The van der Waals surface area contributed by atoms with Gasteiger partial charge in [0.25, 0.3) is 0 Å². The molecule has 1 aliphatic rings. The Labute approximate surface area is 147 Å². The standard InChI is InChI=1S/C18H27F3N2S/c1-17(2,13-23-8-6-14(12-23)7-9-24-3)10-15-4-5-16(22-11-15)18(19,20)21/h4-5,11,14H,6-10,12-13H2,1-3H3. The van der Waals surface area contributed by atoms with Crippen LogP contribution >= 0.6 is 11.8 Å². The van der Waals surface area contributed by atoms with Crippen LogP contribution in [0.25, 0.3) is 0 Å². The fourth-order valence-electron chi connectivity index (χ4n) is 3.49. The Hall–Kier alpha value is -0.750. The van der Waals surface area contributed by atoms with Gasteiger partial charge >= 0.3 is 6.18 Å². The van der Waals surface area contributed by atoms with Crippen LogP contribution < -0.4 is 0 Å². The molecule has 0 saturated carbocycles. The number of halogens is 3. The monoisotopic (exact) mass is 360 g/mol. The summed E-state index contributed by atoms with van der Waals surface area (Å²) in [7, 11) is 0. The highest BCUT2D eigenvalue weighted by Crippen LogP contribution is 2.30. The molecule has 24 heavy (non-hydrogen) atoms. The molecule has 0 aliphatic carbocycles. The van der Waals surface area contributed by atoms with Crippen LogP contribution in [0, 0.1) is 11.3 Å². The second-order valence-corrected chi connectivity index (χ2v) is 8.55. The van der Waals surface area contributed by atoms with Crippen molar-refractivity contribution >= 4 is 11.8 Å². The number of thioether (sulfide) groups is 1. The van der Waals surface area contributed by atoms with E-state index >= 15 is 0 Å². The van der Waals surface area contributed by atoms with Gasteiger partial charge in [-0.1, -0.05) is 19.9 Å². The summed E-state index contributed by atoms with van der Waals surface area (Å²) in [4.78, 5) is 6.07. The lowest BCUT2D eigenvalue weighted by atomic mass is 9.85.